The van der Waals surface area contributed by atoms with E-state index in [1.807, 2.05) is 0 Å². The molecular weight excluding hydrogens is 265 g/mol. The van der Waals surface area contributed by atoms with Crippen LogP contribution in [0.15, 0.2) is 0 Å². The molecule has 0 aromatic carbocycles. The summed E-state index contributed by atoms with van der Waals surface area (Å²) in [5.41, 5.74) is 0. The van der Waals surface area contributed by atoms with Crippen LogP contribution in [0, 0.1) is 0 Å². The summed E-state index contributed by atoms with van der Waals surface area (Å²) in [7, 11) is 12.9. The molecule has 0 nitrogen and oxygen atoms in total. The minimum absolute atomic E-state index is 2.52. The van der Waals surface area contributed by atoms with E-state index in [-0.39, 0.29) is 0 Å². The number of hydrogen-bond donors (Lipinski definition) is 0. The van der Waals surface area contributed by atoms with E-state index in [4.69, 9.17) is 30.3 Å². The van der Waals surface area contributed by atoms with Crippen LogP contribution in [0.3, 0.4) is 0 Å². The molecule has 0 bridgehead atoms. The first-order chi connectivity index (χ1) is 2.00. The molecule has 0 radical (unpaired) electrons. The molecule has 0 aliphatic carbocycles. The SMILES string of the molecule is Cl[Se](Cl)(Cl)Br. The molecule has 0 aromatic heterocycles. The summed E-state index contributed by atoms with van der Waals surface area (Å²) in [5, 5.41) is 0. The number of halogens is 4. The van der Waals surface area contributed by atoms with Crippen molar-refractivity contribution < 1.29 is 0 Å². The average Bonchev–Trinajstić information content (AvgIpc) is 0.722. The van der Waals surface area contributed by atoms with Gasteiger partial charge >= 0.3 is 52.7 Å². The molecule has 0 aromatic rings. The van der Waals surface area contributed by atoms with Crippen molar-refractivity contribution in [1.29, 1.82) is 0 Å². The van der Waals surface area contributed by atoms with Gasteiger partial charge < -0.3 is 0 Å². The van der Waals surface area contributed by atoms with Crippen LogP contribution >= 0.6 is 44.4 Å². The van der Waals surface area contributed by atoms with Crippen LogP contribution in [0.1, 0.15) is 0 Å². The van der Waals surface area contributed by atoms with E-state index in [0.717, 1.165) is 0 Å². The van der Waals surface area contributed by atoms with Crippen molar-refractivity contribution in [3.05, 3.63) is 0 Å². The normalized spacial score (nSPS) is 15.2. The molecule has 0 amide bonds. The summed E-state index contributed by atoms with van der Waals surface area (Å²) < 4.78 is 0. The Labute approximate surface area is 52.4 Å². The second-order valence-electron chi connectivity index (χ2n) is 0.350. The summed E-state index contributed by atoms with van der Waals surface area (Å²) in [6, 6.07) is 0. The quantitative estimate of drug-likeness (QED) is 0.590. The predicted molar refractivity (Wildman–Crippen MR) is 32.2 cm³/mol. The van der Waals surface area contributed by atoms with Crippen molar-refractivity contribution in [2.75, 3.05) is 0 Å². The Balaban J connectivity index is 3.02. The molecule has 0 rings (SSSR count). The summed E-state index contributed by atoms with van der Waals surface area (Å²) in [5.74, 6) is 0. The molecule has 0 heterocycles. The monoisotopic (exact) mass is 264 g/mol. The maximum absolute atomic E-state index is 5.13. The first-order valence-electron chi connectivity index (χ1n) is 0.617. The van der Waals surface area contributed by atoms with Crippen molar-refractivity contribution in [3.8, 4) is 0 Å². The summed E-state index contributed by atoms with van der Waals surface area (Å²) in [4.78, 5) is 0. The van der Waals surface area contributed by atoms with Crippen LogP contribution < -0.4 is 0 Å². The van der Waals surface area contributed by atoms with Gasteiger partial charge in [-0.1, -0.05) is 0 Å². The third-order valence-electron chi connectivity index (χ3n) is 0. The van der Waals surface area contributed by atoms with Crippen LogP contribution in [0.5, 0.6) is 0 Å². The third kappa shape index (κ3) is 25.1. The maximum atomic E-state index is 5.13. The van der Waals surface area contributed by atoms with Gasteiger partial charge in [-0.3, -0.25) is 0 Å². The Morgan fingerprint density at radius 3 is 1.20 bits per heavy atom. The number of hydrogen-bond acceptors (Lipinski definition) is 0. The first kappa shape index (κ1) is 6.87. The van der Waals surface area contributed by atoms with Crippen LogP contribution in [-0.2, 0) is 0 Å². The van der Waals surface area contributed by atoms with Crippen molar-refractivity contribution in [3.63, 3.8) is 0 Å². The van der Waals surface area contributed by atoms with Gasteiger partial charge in [-0.2, -0.15) is 0 Å². The molecule has 0 unspecified atom stereocenters. The van der Waals surface area contributed by atoms with E-state index in [0.29, 0.717) is 0 Å². The molecule has 0 aliphatic rings. The van der Waals surface area contributed by atoms with E-state index in [1.165, 1.54) is 0 Å². The second-order valence-corrected chi connectivity index (χ2v) is 22.4. The Morgan fingerprint density at radius 2 is 1.20 bits per heavy atom. The minimum atomic E-state index is -2.52. The van der Waals surface area contributed by atoms with E-state index in [2.05, 4.69) is 14.1 Å². The van der Waals surface area contributed by atoms with Gasteiger partial charge in [0.1, 0.15) is 0 Å². The molecule has 0 saturated carbocycles. The van der Waals surface area contributed by atoms with E-state index >= 15 is 0 Å². The Bertz CT molecular complexity index is 22.4. The van der Waals surface area contributed by atoms with Gasteiger partial charge in [0.15, 0.2) is 0 Å². The van der Waals surface area contributed by atoms with Gasteiger partial charge in [0.05, 0.1) is 0 Å². The third-order valence-corrected chi connectivity index (χ3v) is 0. The van der Waals surface area contributed by atoms with Crippen molar-refractivity contribution in [2.24, 2.45) is 0 Å². The van der Waals surface area contributed by atoms with Crippen LogP contribution in [-0.4, -0.2) is 8.30 Å². The molecule has 0 saturated heterocycles. The van der Waals surface area contributed by atoms with E-state index < -0.39 is 8.30 Å². The van der Waals surface area contributed by atoms with Gasteiger partial charge in [0.2, 0.25) is 0 Å². The van der Waals surface area contributed by atoms with Crippen LogP contribution in [0.25, 0.3) is 0 Å². The Hall–Kier alpha value is 1.87. The summed E-state index contributed by atoms with van der Waals surface area (Å²) in [6.45, 7) is 0. The van der Waals surface area contributed by atoms with Crippen molar-refractivity contribution in [1.82, 2.24) is 0 Å². The standard InChI is InChI=1S/BrCl3Se/c1-5(2,3)4. The fourth-order valence-electron chi connectivity index (χ4n) is 0. The van der Waals surface area contributed by atoms with Crippen molar-refractivity contribution >= 4 is 52.7 Å². The summed E-state index contributed by atoms with van der Waals surface area (Å²) in [6.07, 6.45) is 0. The predicted octanol–water partition coefficient (Wildman–Crippen LogP) is 2.53. The second kappa shape index (κ2) is 2.25. The van der Waals surface area contributed by atoms with Gasteiger partial charge in [0.25, 0.3) is 0 Å². The zero-order chi connectivity index (χ0) is 4.50. The van der Waals surface area contributed by atoms with Gasteiger partial charge in [-0.25, -0.2) is 0 Å². The van der Waals surface area contributed by atoms with E-state index in [9.17, 15) is 0 Å². The molecule has 0 N–H and O–H groups in total. The fraction of sp³-hybridized carbons (Fsp3) is 0. The molecule has 0 spiro atoms. The fourth-order valence-corrected chi connectivity index (χ4v) is 0. The van der Waals surface area contributed by atoms with E-state index in [1.54, 1.807) is 0 Å². The Kier molecular flexibility index (Phi) is 3.09. The molecule has 0 fully saturated rings. The van der Waals surface area contributed by atoms with Crippen molar-refractivity contribution in [2.45, 2.75) is 0 Å². The Morgan fingerprint density at radius 1 is 1.20 bits per heavy atom. The molecule has 34 valence electrons. The van der Waals surface area contributed by atoms with Crippen LogP contribution in [0.4, 0.5) is 0 Å². The van der Waals surface area contributed by atoms with Gasteiger partial charge in [-0.05, 0) is 0 Å². The van der Waals surface area contributed by atoms with Gasteiger partial charge in [0, 0.05) is 0 Å². The molecular formula is BrCl3Se. The molecule has 0 atom stereocenters. The molecule has 5 heavy (non-hydrogen) atoms. The van der Waals surface area contributed by atoms with Gasteiger partial charge in [-0.15, -0.1) is 0 Å². The molecule has 5 heteroatoms. The zero-order valence-corrected chi connectivity index (χ0v) is 7.49. The molecule has 0 aliphatic heterocycles. The van der Waals surface area contributed by atoms with Crippen LogP contribution in [0.2, 0.25) is 0 Å². The average molecular weight is 265 g/mol. The summed E-state index contributed by atoms with van der Waals surface area (Å²) >= 11 is 2.83. The number of rotatable bonds is 0. The zero-order valence-electron chi connectivity index (χ0n) is 1.92. The first-order valence-corrected chi connectivity index (χ1v) is 11.4. The topological polar surface area (TPSA) is 0 Å².